The lowest BCUT2D eigenvalue weighted by Crippen LogP contribution is -2.25. The summed E-state index contributed by atoms with van der Waals surface area (Å²) in [4.78, 5) is 58.6. The lowest BCUT2D eigenvalue weighted by atomic mass is 9.83. The second-order valence-corrected chi connectivity index (χ2v) is 5.64. The summed E-state index contributed by atoms with van der Waals surface area (Å²) in [7, 11) is 0. The SMILES string of the molecule is Cc1ccc(-c2c(C(=O)O)c(C(=O)O)c(C(=O)O)c(C(=O)O)c2C(=O)O)cc1. The topological polar surface area (TPSA) is 186 Å². The maximum atomic E-state index is 11.8. The van der Waals surface area contributed by atoms with Crippen molar-refractivity contribution < 1.29 is 49.5 Å². The van der Waals surface area contributed by atoms with Crippen LogP contribution in [0.3, 0.4) is 0 Å². The summed E-state index contributed by atoms with van der Waals surface area (Å²) in [5, 5.41) is 47.3. The Morgan fingerprint density at radius 2 is 0.821 bits per heavy atom. The molecule has 0 aromatic heterocycles. The minimum absolute atomic E-state index is 0.0951. The zero-order valence-corrected chi connectivity index (χ0v) is 14.1. The summed E-state index contributed by atoms with van der Waals surface area (Å²) in [6.07, 6.45) is 0. The maximum Gasteiger partial charge on any atom is 0.337 e. The highest BCUT2D eigenvalue weighted by Crippen LogP contribution is 2.36. The molecule has 2 aromatic rings. The molecule has 10 nitrogen and oxygen atoms in total. The quantitative estimate of drug-likeness (QED) is 0.490. The van der Waals surface area contributed by atoms with Gasteiger partial charge >= 0.3 is 29.8 Å². The summed E-state index contributed by atoms with van der Waals surface area (Å²) >= 11 is 0. The zero-order valence-electron chi connectivity index (χ0n) is 14.1. The third-order valence-corrected chi connectivity index (χ3v) is 3.91. The molecule has 0 aliphatic carbocycles. The van der Waals surface area contributed by atoms with Crippen LogP contribution in [0, 0.1) is 6.92 Å². The molecule has 0 saturated heterocycles. The van der Waals surface area contributed by atoms with Gasteiger partial charge in [-0.25, -0.2) is 24.0 Å². The van der Waals surface area contributed by atoms with Gasteiger partial charge in [0.1, 0.15) is 0 Å². The predicted octanol–water partition coefficient (Wildman–Crippen LogP) is 2.15. The lowest BCUT2D eigenvalue weighted by Gasteiger charge is -2.18. The Morgan fingerprint density at radius 1 is 0.536 bits per heavy atom. The fourth-order valence-corrected chi connectivity index (χ4v) is 2.83. The van der Waals surface area contributed by atoms with Crippen molar-refractivity contribution in [3.63, 3.8) is 0 Å². The minimum Gasteiger partial charge on any atom is -0.478 e. The number of aromatic carboxylic acids is 5. The molecule has 0 unspecified atom stereocenters. The second-order valence-electron chi connectivity index (χ2n) is 5.64. The lowest BCUT2D eigenvalue weighted by molar-refractivity contribution is 0.0610. The molecule has 0 bridgehead atoms. The molecule has 5 N–H and O–H groups in total. The molecule has 0 radical (unpaired) electrons. The average molecular weight is 388 g/mol. The van der Waals surface area contributed by atoms with Gasteiger partial charge in [-0.1, -0.05) is 29.8 Å². The van der Waals surface area contributed by atoms with Crippen LogP contribution in [0.4, 0.5) is 0 Å². The van der Waals surface area contributed by atoms with Gasteiger partial charge in [0.05, 0.1) is 27.8 Å². The van der Waals surface area contributed by atoms with Crippen LogP contribution >= 0.6 is 0 Å². The van der Waals surface area contributed by atoms with Gasteiger partial charge in [-0.05, 0) is 12.5 Å². The van der Waals surface area contributed by atoms with Crippen LogP contribution in [0.2, 0.25) is 0 Å². The van der Waals surface area contributed by atoms with Gasteiger partial charge in [0.2, 0.25) is 0 Å². The van der Waals surface area contributed by atoms with Gasteiger partial charge in [0.25, 0.3) is 0 Å². The molecule has 2 rings (SSSR count). The molecule has 0 heterocycles. The molecule has 0 spiro atoms. The predicted molar refractivity (Wildman–Crippen MR) is 91.4 cm³/mol. The molecule has 0 amide bonds. The van der Waals surface area contributed by atoms with E-state index in [1.54, 1.807) is 6.92 Å². The molecule has 0 fully saturated rings. The van der Waals surface area contributed by atoms with Gasteiger partial charge in [-0.2, -0.15) is 0 Å². The number of benzene rings is 2. The van der Waals surface area contributed by atoms with E-state index in [-0.39, 0.29) is 5.56 Å². The minimum atomic E-state index is -2.09. The van der Waals surface area contributed by atoms with E-state index in [4.69, 9.17) is 0 Å². The van der Waals surface area contributed by atoms with Crippen LogP contribution in [0.15, 0.2) is 24.3 Å². The first kappa shape index (κ1) is 20.1. The number of rotatable bonds is 6. The Morgan fingerprint density at radius 3 is 1.11 bits per heavy atom. The van der Waals surface area contributed by atoms with Gasteiger partial charge in [-0.3, -0.25) is 0 Å². The average Bonchev–Trinajstić information content (AvgIpc) is 2.59. The molecular weight excluding hydrogens is 376 g/mol. The summed E-state index contributed by atoms with van der Waals surface area (Å²) in [5.41, 5.74) is -6.42. The van der Waals surface area contributed by atoms with Gasteiger partial charge < -0.3 is 25.5 Å². The van der Waals surface area contributed by atoms with E-state index in [0.717, 1.165) is 0 Å². The van der Waals surface area contributed by atoms with Crippen molar-refractivity contribution in [1.29, 1.82) is 0 Å². The Kier molecular flexibility index (Phi) is 5.16. The Labute approximate surface area is 155 Å². The van der Waals surface area contributed by atoms with Crippen LogP contribution in [0.5, 0.6) is 0 Å². The number of aryl methyl sites for hydroxylation is 1. The van der Waals surface area contributed by atoms with E-state index in [1.165, 1.54) is 24.3 Å². The van der Waals surface area contributed by atoms with Crippen LogP contribution in [0.1, 0.15) is 57.4 Å². The Balaban J connectivity index is 3.30. The first-order valence-electron chi connectivity index (χ1n) is 7.46. The van der Waals surface area contributed by atoms with Crippen molar-refractivity contribution in [2.24, 2.45) is 0 Å². The van der Waals surface area contributed by atoms with Crippen molar-refractivity contribution in [1.82, 2.24) is 0 Å². The highest BCUT2D eigenvalue weighted by Gasteiger charge is 2.38. The van der Waals surface area contributed by atoms with E-state index in [0.29, 0.717) is 5.56 Å². The highest BCUT2D eigenvalue weighted by molar-refractivity contribution is 6.22. The normalized spacial score (nSPS) is 10.3. The molecule has 0 atom stereocenters. The van der Waals surface area contributed by atoms with Crippen molar-refractivity contribution in [2.75, 3.05) is 0 Å². The van der Waals surface area contributed by atoms with Crippen LogP contribution in [-0.4, -0.2) is 55.4 Å². The summed E-state index contributed by atoms with van der Waals surface area (Å²) in [5.74, 6) is -9.98. The number of hydrogen-bond donors (Lipinski definition) is 5. The third-order valence-electron chi connectivity index (χ3n) is 3.91. The van der Waals surface area contributed by atoms with E-state index in [2.05, 4.69) is 0 Å². The smallest absolute Gasteiger partial charge is 0.337 e. The van der Waals surface area contributed by atoms with Gasteiger partial charge in [0.15, 0.2) is 0 Å². The largest absolute Gasteiger partial charge is 0.478 e. The molecule has 0 aliphatic rings. The van der Waals surface area contributed by atoms with E-state index >= 15 is 0 Å². The van der Waals surface area contributed by atoms with Crippen molar-refractivity contribution in [3.8, 4) is 11.1 Å². The van der Waals surface area contributed by atoms with Crippen LogP contribution < -0.4 is 0 Å². The molecule has 10 heteroatoms. The molecule has 144 valence electrons. The first-order chi connectivity index (χ1) is 13.0. The first-order valence-corrected chi connectivity index (χ1v) is 7.46. The standard InChI is InChI=1S/C18H12O10/c1-6-2-4-7(5-3-6)8-9(14(19)20)11(16(23)24)13(18(27)28)12(17(25)26)10(8)15(21)22/h2-5H,1H3,(H,19,20)(H,21,22)(H,23,24)(H,25,26)(H,27,28). The van der Waals surface area contributed by atoms with Crippen molar-refractivity contribution >= 4 is 29.8 Å². The molecule has 28 heavy (non-hydrogen) atoms. The summed E-state index contributed by atoms with van der Waals surface area (Å²) in [6, 6.07) is 5.50. The molecule has 0 aliphatic heterocycles. The summed E-state index contributed by atoms with van der Waals surface area (Å²) < 4.78 is 0. The van der Waals surface area contributed by atoms with E-state index < -0.39 is 63.2 Å². The van der Waals surface area contributed by atoms with Gasteiger partial charge in [0, 0.05) is 5.56 Å². The third kappa shape index (κ3) is 3.26. The Hall–Kier alpha value is -4.21. The highest BCUT2D eigenvalue weighted by atomic mass is 16.4. The van der Waals surface area contributed by atoms with Crippen LogP contribution in [-0.2, 0) is 0 Å². The number of hydrogen-bond acceptors (Lipinski definition) is 5. The summed E-state index contributed by atoms with van der Waals surface area (Å²) in [6.45, 7) is 1.68. The second kappa shape index (κ2) is 7.19. The molecule has 2 aromatic carbocycles. The fraction of sp³-hybridized carbons (Fsp3) is 0.0556. The van der Waals surface area contributed by atoms with Crippen molar-refractivity contribution in [3.05, 3.63) is 57.6 Å². The molecular formula is C18H12O10. The number of carboxylic acid groups (broad SMARTS) is 5. The number of carboxylic acids is 5. The Bertz CT molecular complexity index is 994. The van der Waals surface area contributed by atoms with Crippen molar-refractivity contribution in [2.45, 2.75) is 6.92 Å². The monoisotopic (exact) mass is 388 g/mol. The van der Waals surface area contributed by atoms with E-state index in [9.17, 15) is 49.5 Å². The van der Waals surface area contributed by atoms with Gasteiger partial charge in [-0.15, -0.1) is 0 Å². The number of carbonyl (C=O) groups is 5. The maximum absolute atomic E-state index is 11.8. The van der Waals surface area contributed by atoms with Crippen LogP contribution in [0.25, 0.3) is 11.1 Å². The fourth-order valence-electron chi connectivity index (χ4n) is 2.83. The van der Waals surface area contributed by atoms with E-state index in [1.807, 2.05) is 0 Å². The molecule has 0 saturated carbocycles. The zero-order chi connectivity index (χ0) is 21.3.